The molecule has 0 amide bonds. The second-order valence-electron chi connectivity index (χ2n) is 2.80. The molecule has 1 aromatic carbocycles. The van der Waals surface area contributed by atoms with Crippen LogP contribution in [0.5, 0.6) is 0 Å². The predicted molar refractivity (Wildman–Crippen MR) is 56.5 cm³/mol. The smallest absolute Gasteiger partial charge is 0.0630 e. The van der Waals surface area contributed by atoms with Gasteiger partial charge in [-0.15, -0.1) is 11.8 Å². The first kappa shape index (κ1) is 9.94. The summed E-state index contributed by atoms with van der Waals surface area (Å²) in [6.45, 7) is 2.01. The van der Waals surface area contributed by atoms with E-state index in [1.54, 1.807) is 11.8 Å². The molecule has 0 unspecified atom stereocenters. The van der Waals surface area contributed by atoms with E-state index in [1.807, 2.05) is 25.1 Å². The van der Waals surface area contributed by atoms with Gasteiger partial charge in [0.25, 0.3) is 0 Å². The zero-order chi connectivity index (χ0) is 9.68. The zero-order valence-corrected chi connectivity index (χ0v) is 8.40. The molecule has 0 atom stereocenters. The number of benzene rings is 1. The van der Waals surface area contributed by atoms with E-state index in [2.05, 4.69) is 6.07 Å². The molecule has 1 rings (SSSR count). The fourth-order valence-electron chi connectivity index (χ4n) is 1.01. The van der Waals surface area contributed by atoms with Crippen LogP contribution in [0, 0.1) is 18.3 Å². The molecule has 2 nitrogen and oxygen atoms in total. The van der Waals surface area contributed by atoms with Gasteiger partial charge in [0.05, 0.1) is 6.07 Å². The van der Waals surface area contributed by atoms with Gasteiger partial charge in [0, 0.05) is 22.8 Å². The van der Waals surface area contributed by atoms with Crippen LogP contribution in [0.4, 0.5) is 5.69 Å². The maximum atomic E-state index is 8.36. The Hall–Kier alpha value is -1.14. The molecule has 0 spiro atoms. The normalized spacial score (nSPS) is 9.54. The van der Waals surface area contributed by atoms with Crippen molar-refractivity contribution in [3.05, 3.63) is 23.8 Å². The first-order chi connectivity index (χ1) is 6.24. The lowest BCUT2D eigenvalue weighted by atomic mass is 10.2. The number of aryl methyl sites for hydroxylation is 1. The molecule has 0 aliphatic rings. The Morgan fingerprint density at radius 3 is 2.92 bits per heavy atom. The molecule has 0 heterocycles. The third kappa shape index (κ3) is 3.00. The largest absolute Gasteiger partial charge is 0.398 e. The van der Waals surface area contributed by atoms with Crippen LogP contribution >= 0.6 is 11.8 Å². The number of nitrogens with zero attached hydrogens (tertiary/aromatic N) is 1. The second kappa shape index (κ2) is 4.78. The Bertz CT molecular complexity index is 328. The van der Waals surface area contributed by atoms with Crippen LogP contribution in [0.1, 0.15) is 12.0 Å². The minimum atomic E-state index is 0.567. The quantitative estimate of drug-likeness (QED) is 0.455. The van der Waals surface area contributed by atoms with Gasteiger partial charge < -0.3 is 5.73 Å². The van der Waals surface area contributed by atoms with Crippen molar-refractivity contribution in [1.29, 1.82) is 5.26 Å². The topological polar surface area (TPSA) is 49.8 Å². The highest BCUT2D eigenvalue weighted by Gasteiger charge is 1.98. The standard InChI is InChI=1S/C10H12N2S/c1-8-3-4-10(9(12)7-8)13-6-2-5-11/h3-4,7H,2,6,12H2,1H3. The minimum Gasteiger partial charge on any atom is -0.398 e. The van der Waals surface area contributed by atoms with Crippen molar-refractivity contribution in [2.24, 2.45) is 0 Å². The van der Waals surface area contributed by atoms with E-state index < -0.39 is 0 Å². The number of thioether (sulfide) groups is 1. The highest BCUT2D eigenvalue weighted by molar-refractivity contribution is 7.99. The van der Waals surface area contributed by atoms with Gasteiger partial charge in [-0.05, 0) is 24.6 Å². The summed E-state index contributed by atoms with van der Waals surface area (Å²) in [5, 5.41) is 8.36. The molecule has 1 aromatic rings. The van der Waals surface area contributed by atoms with Gasteiger partial charge >= 0.3 is 0 Å². The number of hydrogen-bond acceptors (Lipinski definition) is 3. The molecule has 0 aliphatic carbocycles. The van der Waals surface area contributed by atoms with Crippen molar-refractivity contribution < 1.29 is 0 Å². The molecule has 2 N–H and O–H groups in total. The van der Waals surface area contributed by atoms with Crippen molar-refractivity contribution in [2.75, 3.05) is 11.5 Å². The summed E-state index contributed by atoms with van der Waals surface area (Å²) in [6, 6.07) is 8.10. The van der Waals surface area contributed by atoms with Gasteiger partial charge in [-0.25, -0.2) is 0 Å². The monoisotopic (exact) mass is 192 g/mol. The lowest BCUT2D eigenvalue weighted by Crippen LogP contribution is -1.89. The lowest BCUT2D eigenvalue weighted by molar-refractivity contribution is 1.23. The Labute approximate surface area is 82.7 Å². The van der Waals surface area contributed by atoms with E-state index in [9.17, 15) is 0 Å². The first-order valence-electron chi connectivity index (χ1n) is 4.10. The van der Waals surface area contributed by atoms with E-state index in [-0.39, 0.29) is 0 Å². The number of nitriles is 1. The van der Waals surface area contributed by atoms with E-state index >= 15 is 0 Å². The highest BCUT2D eigenvalue weighted by atomic mass is 32.2. The van der Waals surface area contributed by atoms with Crippen LogP contribution < -0.4 is 5.73 Å². The van der Waals surface area contributed by atoms with Crippen molar-refractivity contribution in [3.8, 4) is 6.07 Å². The number of anilines is 1. The van der Waals surface area contributed by atoms with Gasteiger partial charge in [-0.2, -0.15) is 5.26 Å². The maximum absolute atomic E-state index is 8.36. The summed E-state index contributed by atoms with van der Waals surface area (Å²) in [6.07, 6.45) is 0.567. The lowest BCUT2D eigenvalue weighted by Gasteiger charge is -2.04. The van der Waals surface area contributed by atoms with Crippen molar-refractivity contribution in [1.82, 2.24) is 0 Å². The van der Waals surface area contributed by atoms with Gasteiger partial charge in [0.2, 0.25) is 0 Å². The Morgan fingerprint density at radius 2 is 2.31 bits per heavy atom. The van der Waals surface area contributed by atoms with Gasteiger partial charge in [-0.3, -0.25) is 0 Å². The Morgan fingerprint density at radius 1 is 1.54 bits per heavy atom. The van der Waals surface area contributed by atoms with Crippen LogP contribution in [0.25, 0.3) is 0 Å². The summed E-state index contributed by atoms with van der Waals surface area (Å²) >= 11 is 1.63. The van der Waals surface area contributed by atoms with Crippen LogP contribution in [-0.4, -0.2) is 5.75 Å². The Balaban J connectivity index is 2.62. The summed E-state index contributed by atoms with van der Waals surface area (Å²) in [5.74, 6) is 0.809. The van der Waals surface area contributed by atoms with E-state index in [0.29, 0.717) is 6.42 Å². The van der Waals surface area contributed by atoms with Crippen LogP contribution in [0.2, 0.25) is 0 Å². The van der Waals surface area contributed by atoms with Crippen molar-refractivity contribution in [2.45, 2.75) is 18.2 Å². The van der Waals surface area contributed by atoms with Crippen LogP contribution in [0.15, 0.2) is 23.1 Å². The van der Waals surface area contributed by atoms with E-state index in [4.69, 9.17) is 11.0 Å². The third-order valence-electron chi connectivity index (χ3n) is 1.64. The van der Waals surface area contributed by atoms with Crippen LogP contribution in [-0.2, 0) is 0 Å². The molecule has 0 aromatic heterocycles. The van der Waals surface area contributed by atoms with Crippen molar-refractivity contribution in [3.63, 3.8) is 0 Å². The zero-order valence-electron chi connectivity index (χ0n) is 7.58. The molecule has 3 heteroatoms. The number of nitrogen functional groups attached to an aromatic ring is 1. The predicted octanol–water partition coefficient (Wildman–Crippen LogP) is 2.58. The molecule has 0 aliphatic heterocycles. The first-order valence-corrected chi connectivity index (χ1v) is 5.08. The average molecular weight is 192 g/mol. The molecule has 0 fully saturated rings. The molecule has 68 valence electrons. The molecule has 0 bridgehead atoms. The fourth-order valence-corrected chi connectivity index (χ4v) is 1.81. The summed E-state index contributed by atoms with van der Waals surface area (Å²) in [4.78, 5) is 1.07. The minimum absolute atomic E-state index is 0.567. The second-order valence-corrected chi connectivity index (χ2v) is 3.93. The molecule has 0 saturated carbocycles. The molecular formula is C10H12N2S. The molecule has 0 radical (unpaired) electrons. The van der Waals surface area contributed by atoms with Gasteiger partial charge in [-0.1, -0.05) is 6.07 Å². The third-order valence-corrected chi connectivity index (χ3v) is 2.73. The SMILES string of the molecule is Cc1ccc(SCCC#N)c(N)c1. The molecular weight excluding hydrogens is 180 g/mol. The van der Waals surface area contributed by atoms with E-state index in [1.165, 1.54) is 5.56 Å². The number of hydrogen-bond donors (Lipinski definition) is 1. The van der Waals surface area contributed by atoms with Crippen molar-refractivity contribution >= 4 is 17.4 Å². The van der Waals surface area contributed by atoms with Gasteiger partial charge in [0.15, 0.2) is 0 Å². The van der Waals surface area contributed by atoms with Crippen LogP contribution in [0.3, 0.4) is 0 Å². The number of nitrogens with two attached hydrogens (primary N) is 1. The van der Waals surface area contributed by atoms with Gasteiger partial charge in [0.1, 0.15) is 0 Å². The number of rotatable bonds is 3. The summed E-state index contributed by atoms with van der Waals surface area (Å²) in [7, 11) is 0. The fraction of sp³-hybridized carbons (Fsp3) is 0.300. The Kier molecular flexibility index (Phi) is 3.66. The highest BCUT2D eigenvalue weighted by Crippen LogP contribution is 2.25. The molecule has 0 saturated heterocycles. The van der Waals surface area contributed by atoms with E-state index in [0.717, 1.165) is 16.3 Å². The maximum Gasteiger partial charge on any atom is 0.0630 e. The molecule has 13 heavy (non-hydrogen) atoms. The summed E-state index contributed by atoms with van der Waals surface area (Å²) in [5.41, 5.74) is 7.78. The average Bonchev–Trinajstić information content (AvgIpc) is 2.09. The summed E-state index contributed by atoms with van der Waals surface area (Å²) < 4.78 is 0.